The predicted octanol–water partition coefficient (Wildman–Crippen LogP) is 8.35. The number of aliphatic hydroxyl groups excluding tert-OH is 3. The largest absolute Gasteiger partial charge is 0.396 e. The molecule has 1 unspecified atom stereocenters. The Morgan fingerprint density at radius 2 is 0.771 bits per heavy atom. The average molecular weight is 501 g/mol. The molecule has 0 aliphatic heterocycles. The standard InChI is InChI=1S/C31H64O4/c1-3-5-7-9-11-13-15-17-19-21-23-25-30(31(27-32,28-33)29-34)35-26-24-22-20-18-16-14-12-10-8-6-4-2/h30,32-34H,3-29H2,1-2H3. The van der Waals surface area contributed by atoms with E-state index in [1.165, 1.54) is 122 Å². The fraction of sp³-hybridized carbons (Fsp3) is 1.00. The van der Waals surface area contributed by atoms with Gasteiger partial charge in [-0.25, -0.2) is 0 Å². The van der Waals surface area contributed by atoms with Crippen LogP contribution in [0, 0.1) is 5.41 Å². The number of rotatable bonds is 29. The third-order valence-electron chi connectivity index (χ3n) is 7.76. The molecule has 0 spiro atoms. The van der Waals surface area contributed by atoms with E-state index in [2.05, 4.69) is 13.8 Å². The molecule has 0 aromatic rings. The van der Waals surface area contributed by atoms with E-state index in [1.54, 1.807) is 0 Å². The lowest BCUT2D eigenvalue weighted by Gasteiger charge is -2.36. The molecule has 0 saturated carbocycles. The van der Waals surface area contributed by atoms with Gasteiger partial charge in [-0.15, -0.1) is 0 Å². The van der Waals surface area contributed by atoms with Gasteiger partial charge in [0.1, 0.15) is 0 Å². The lowest BCUT2D eigenvalue weighted by molar-refractivity contribution is -0.117. The summed E-state index contributed by atoms with van der Waals surface area (Å²) >= 11 is 0. The molecule has 0 aromatic heterocycles. The van der Waals surface area contributed by atoms with Crippen molar-refractivity contribution < 1.29 is 20.1 Å². The van der Waals surface area contributed by atoms with E-state index in [9.17, 15) is 15.3 Å². The maximum atomic E-state index is 9.92. The molecule has 0 rings (SSSR count). The van der Waals surface area contributed by atoms with E-state index in [0.29, 0.717) is 6.61 Å². The van der Waals surface area contributed by atoms with Crippen LogP contribution in [-0.2, 0) is 4.74 Å². The molecule has 0 aliphatic rings. The highest BCUT2D eigenvalue weighted by Gasteiger charge is 2.38. The van der Waals surface area contributed by atoms with Gasteiger partial charge >= 0.3 is 0 Å². The summed E-state index contributed by atoms with van der Waals surface area (Å²) in [6, 6.07) is 0. The van der Waals surface area contributed by atoms with Gasteiger partial charge in [-0.2, -0.15) is 0 Å². The molecule has 0 aromatic carbocycles. The quantitative estimate of drug-likeness (QED) is 0.0902. The molecule has 0 saturated heterocycles. The average Bonchev–Trinajstić information content (AvgIpc) is 2.88. The smallest absolute Gasteiger partial charge is 0.0697 e. The van der Waals surface area contributed by atoms with E-state index < -0.39 is 5.41 Å². The van der Waals surface area contributed by atoms with Crippen molar-refractivity contribution in [1.82, 2.24) is 0 Å². The number of aliphatic hydroxyl groups is 3. The molecule has 4 nitrogen and oxygen atoms in total. The van der Waals surface area contributed by atoms with Gasteiger partial charge in [0.25, 0.3) is 0 Å². The van der Waals surface area contributed by atoms with Crippen LogP contribution in [0.1, 0.15) is 162 Å². The molecule has 1 atom stereocenters. The molecule has 212 valence electrons. The number of hydrogen-bond acceptors (Lipinski definition) is 4. The minimum absolute atomic E-state index is 0.235. The first kappa shape index (κ1) is 34.8. The molecule has 35 heavy (non-hydrogen) atoms. The molecule has 0 aliphatic carbocycles. The van der Waals surface area contributed by atoms with Crippen LogP contribution in [0.25, 0.3) is 0 Å². The third kappa shape index (κ3) is 19.6. The fourth-order valence-corrected chi connectivity index (χ4v) is 5.01. The van der Waals surface area contributed by atoms with Crippen LogP contribution >= 0.6 is 0 Å². The van der Waals surface area contributed by atoms with Crippen LogP contribution in [-0.4, -0.2) is 47.9 Å². The highest BCUT2D eigenvalue weighted by Crippen LogP contribution is 2.28. The van der Waals surface area contributed by atoms with Crippen molar-refractivity contribution in [2.45, 2.75) is 168 Å². The van der Waals surface area contributed by atoms with Crippen LogP contribution in [0.15, 0.2) is 0 Å². The summed E-state index contributed by atoms with van der Waals surface area (Å²) in [7, 11) is 0. The van der Waals surface area contributed by atoms with Gasteiger partial charge in [0.2, 0.25) is 0 Å². The van der Waals surface area contributed by atoms with Gasteiger partial charge in [-0.3, -0.25) is 0 Å². The molecule has 4 heteroatoms. The summed E-state index contributed by atoms with van der Waals surface area (Å²) in [4.78, 5) is 0. The molecule has 3 N–H and O–H groups in total. The minimum Gasteiger partial charge on any atom is -0.396 e. The molecule has 0 bridgehead atoms. The van der Waals surface area contributed by atoms with Crippen molar-refractivity contribution in [1.29, 1.82) is 0 Å². The van der Waals surface area contributed by atoms with Crippen molar-refractivity contribution >= 4 is 0 Å². The highest BCUT2D eigenvalue weighted by molar-refractivity contribution is 4.86. The first-order valence-electron chi connectivity index (χ1n) is 15.6. The normalized spacial score (nSPS) is 12.9. The van der Waals surface area contributed by atoms with E-state index in [4.69, 9.17) is 4.74 Å². The van der Waals surface area contributed by atoms with E-state index in [0.717, 1.165) is 25.7 Å². The zero-order chi connectivity index (χ0) is 25.9. The highest BCUT2D eigenvalue weighted by atomic mass is 16.5. The van der Waals surface area contributed by atoms with Crippen LogP contribution in [0.2, 0.25) is 0 Å². The van der Waals surface area contributed by atoms with Crippen LogP contribution in [0.5, 0.6) is 0 Å². The molecular formula is C31H64O4. The zero-order valence-electron chi connectivity index (χ0n) is 23.9. The summed E-state index contributed by atoms with van der Waals surface area (Å²) in [5, 5.41) is 29.7. The maximum absolute atomic E-state index is 9.92. The summed E-state index contributed by atoms with van der Waals surface area (Å²) in [5.74, 6) is 0. The van der Waals surface area contributed by atoms with Crippen molar-refractivity contribution in [3.63, 3.8) is 0 Å². The predicted molar refractivity (Wildman–Crippen MR) is 151 cm³/mol. The fourth-order valence-electron chi connectivity index (χ4n) is 5.01. The Labute approximate surface area is 219 Å². The summed E-state index contributed by atoms with van der Waals surface area (Å²) < 4.78 is 6.17. The van der Waals surface area contributed by atoms with Crippen LogP contribution in [0.3, 0.4) is 0 Å². The lowest BCUT2D eigenvalue weighted by Crippen LogP contribution is -2.46. The van der Waals surface area contributed by atoms with Crippen molar-refractivity contribution in [3.8, 4) is 0 Å². The molecule has 0 fully saturated rings. The SMILES string of the molecule is CCCCCCCCCCCCCOC(CCCCCCCCCCCCC)C(CO)(CO)CO. The van der Waals surface area contributed by atoms with Gasteiger partial charge in [0, 0.05) is 6.61 Å². The van der Waals surface area contributed by atoms with Gasteiger partial charge in [-0.1, -0.05) is 149 Å². The number of hydrogen-bond donors (Lipinski definition) is 3. The van der Waals surface area contributed by atoms with Crippen molar-refractivity contribution in [3.05, 3.63) is 0 Å². The second kappa shape index (κ2) is 26.9. The Bertz CT molecular complexity index is 389. The van der Waals surface area contributed by atoms with Crippen molar-refractivity contribution in [2.75, 3.05) is 26.4 Å². The van der Waals surface area contributed by atoms with Gasteiger partial charge in [-0.05, 0) is 12.8 Å². The van der Waals surface area contributed by atoms with Gasteiger partial charge < -0.3 is 20.1 Å². The first-order valence-corrected chi connectivity index (χ1v) is 15.6. The molecule has 0 radical (unpaired) electrons. The maximum Gasteiger partial charge on any atom is 0.0697 e. The van der Waals surface area contributed by atoms with Gasteiger partial charge in [0.15, 0.2) is 0 Å². The van der Waals surface area contributed by atoms with Gasteiger partial charge in [0.05, 0.1) is 31.3 Å². The van der Waals surface area contributed by atoms with E-state index in [-0.39, 0.29) is 25.9 Å². The summed E-state index contributed by atoms with van der Waals surface area (Å²) in [5.41, 5.74) is -0.934. The van der Waals surface area contributed by atoms with E-state index >= 15 is 0 Å². The molecule has 0 heterocycles. The van der Waals surface area contributed by atoms with Crippen LogP contribution < -0.4 is 0 Å². The monoisotopic (exact) mass is 500 g/mol. The second-order valence-electron chi connectivity index (χ2n) is 11.1. The zero-order valence-corrected chi connectivity index (χ0v) is 23.9. The third-order valence-corrected chi connectivity index (χ3v) is 7.76. The first-order chi connectivity index (χ1) is 17.2. The molecule has 0 amide bonds. The Kier molecular flexibility index (Phi) is 26.8. The Balaban J connectivity index is 3.98. The van der Waals surface area contributed by atoms with E-state index in [1.807, 2.05) is 0 Å². The lowest BCUT2D eigenvalue weighted by atomic mass is 9.81. The second-order valence-corrected chi connectivity index (χ2v) is 11.1. The Hall–Kier alpha value is -0.160. The van der Waals surface area contributed by atoms with Crippen molar-refractivity contribution in [2.24, 2.45) is 5.41 Å². The topological polar surface area (TPSA) is 69.9 Å². The Morgan fingerprint density at radius 1 is 0.457 bits per heavy atom. The van der Waals surface area contributed by atoms with Crippen LogP contribution in [0.4, 0.5) is 0 Å². The number of ether oxygens (including phenoxy) is 1. The molecular weight excluding hydrogens is 436 g/mol. The Morgan fingerprint density at radius 3 is 1.11 bits per heavy atom. The minimum atomic E-state index is -0.934. The summed E-state index contributed by atoms with van der Waals surface area (Å²) in [6.07, 6.45) is 29.1. The number of unbranched alkanes of at least 4 members (excludes halogenated alkanes) is 20. The summed E-state index contributed by atoms with van der Waals surface area (Å²) in [6.45, 7) is 4.48.